The third-order valence-electron chi connectivity index (χ3n) is 5.22. The fraction of sp³-hybridized carbons (Fsp3) is 0.550. The minimum atomic E-state index is -0.736. The molecule has 4 nitrogen and oxygen atoms in total. The van der Waals surface area contributed by atoms with Gasteiger partial charge in [0.15, 0.2) is 0 Å². The van der Waals surface area contributed by atoms with Crippen LogP contribution in [0.25, 0.3) is 0 Å². The number of hydrogen-bond acceptors (Lipinski definition) is 3. The Balaban J connectivity index is 1.95. The lowest BCUT2D eigenvalue weighted by Crippen LogP contribution is -2.37. The van der Waals surface area contributed by atoms with Crippen LogP contribution in [0.1, 0.15) is 51.0 Å². The molecule has 0 spiro atoms. The molecule has 0 bridgehead atoms. The zero-order chi connectivity index (χ0) is 17.2. The molecule has 1 amide bonds. The van der Waals surface area contributed by atoms with E-state index in [1.165, 1.54) is 0 Å². The van der Waals surface area contributed by atoms with Gasteiger partial charge in [-0.2, -0.15) is 5.26 Å². The van der Waals surface area contributed by atoms with Gasteiger partial charge in [-0.1, -0.05) is 57.0 Å². The molecule has 3 atom stereocenters. The van der Waals surface area contributed by atoms with Crippen LogP contribution >= 0.6 is 0 Å². The first-order valence-electron chi connectivity index (χ1n) is 9.04. The Morgan fingerprint density at radius 3 is 2.50 bits per heavy atom. The summed E-state index contributed by atoms with van der Waals surface area (Å²) in [7, 11) is 0. The van der Waals surface area contributed by atoms with Crippen molar-refractivity contribution in [2.45, 2.75) is 45.4 Å². The minimum Gasteiger partial charge on any atom is -0.299 e. The predicted molar refractivity (Wildman–Crippen MR) is 94.6 cm³/mol. The molecule has 0 radical (unpaired) electrons. The van der Waals surface area contributed by atoms with Gasteiger partial charge in [-0.15, -0.1) is 0 Å². The maximum atomic E-state index is 12.9. The number of rotatable bonds is 7. The summed E-state index contributed by atoms with van der Waals surface area (Å²) in [5, 5.41) is 9.98. The van der Waals surface area contributed by atoms with Gasteiger partial charge in [0.05, 0.1) is 12.0 Å². The summed E-state index contributed by atoms with van der Waals surface area (Å²) in [4.78, 5) is 19.5. The van der Waals surface area contributed by atoms with Crippen LogP contribution in [0.15, 0.2) is 35.3 Å². The second-order valence-electron chi connectivity index (χ2n) is 6.75. The number of fused-ring (bicyclic) bond motifs is 1. The standard InChI is InChI=1S/C20H25N3O/c1-3-5-12-22-19-20(14-21)16(15-10-8-7-9-11-15)17(20)18(24)23(19)13-6-4-2/h7-11,16-17H,3-6,12-13H2,1-2H3/t16-,17+,20+/m1/s1. The summed E-state index contributed by atoms with van der Waals surface area (Å²) in [6, 6.07) is 12.4. The SMILES string of the molecule is CCCCN=C1N(CCCC)C(=O)[C@@H]2[C@@H](c3ccccc3)[C@]12C#N. The molecule has 2 aliphatic rings. The first-order valence-corrected chi connectivity index (χ1v) is 9.04. The summed E-state index contributed by atoms with van der Waals surface area (Å²) in [6.45, 7) is 5.62. The largest absolute Gasteiger partial charge is 0.299 e. The molecule has 24 heavy (non-hydrogen) atoms. The van der Waals surface area contributed by atoms with Crippen molar-refractivity contribution < 1.29 is 4.79 Å². The Morgan fingerprint density at radius 1 is 1.17 bits per heavy atom. The Kier molecular flexibility index (Phi) is 4.71. The van der Waals surface area contributed by atoms with Crippen molar-refractivity contribution in [1.82, 2.24) is 4.90 Å². The zero-order valence-electron chi connectivity index (χ0n) is 14.5. The number of unbranched alkanes of at least 4 members (excludes halogenated alkanes) is 2. The van der Waals surface area contributed by atoms with E-state index in [9.17, 15) is 10.1 Å². The van der Waals surface area contributed by atoms with Gasteiger partial charge in [-0.25, -0.2) is 0 Å². The van der Waals surface area contributed by atoms with Gasteiger partial charge in [0, 0.05) is 19.0 Å². The van der Waals surface area contributed by atoms with Crippen LogP contribution in [-0.4, -0.2) is 29.7 Å². The van der Waals surface area contributed by atoms with Gasteiger partial charge in [-0.05, 0) is 18.4 Å². The average Bonchev–Trinajstić information content (AvgIpc) is 3.24. The number of likely N-dealkylation sites (tertiary alicyclic amines) is 1. The lowest BCUT2D eigenvalue weighted by atomic mass is 9.98. The van der Waals surface area contributed by atoms with Crippen LogP contribution in [0, 0.1) is 22.7 Å². The molecule has 1 aromatic carbocycles. The highest BCUT2D eigenvalue weighted by Gasteiger charge is 2.78. The number of piperidine rings is 1. The van der Waals surface area contributed by atoms with Gasteiger partial charge >= 0.3 is 0 Å². The van der Waals surface area contributed by atoms with Gasteiger partial charge in [-0.3, -0.25) is 14.7 Å². The van der Waals surface area contributed by atoms with Crippen LogP contribution in [0.3, 0.4) is 0 Å². The first-order chi connectivity index (χ1) is 11.7. The molecule has 0 aromatic heterocycles. The lowest BCUT2D eigenvalue weighted by Gasteiger charge is -2.23. The van der Waals surface area contributed by atoms with E-state index < -0.39 is 5.41 Å². The van der Waals surface area contributed by atoms with E-state index in [1.807, 2.05) is 30.3 Å². The number of carbonyl (C=O) groups is 1. The molecule has 1 aliphatic carbocycles. The molecule has 1 saturated carbocycles. The fourth-order valence-electron chi connectivity index (χ4n) is 3.90. The van der Waals surface area contributed by atoms with Crippen LogP contribution in [0.5, 0.6) is 0 Å². The Hall–Kier alpha value is -2.15. The Labute approximate surface area is 144 Å². The molecular formula is C20H25N3O. The summed E-state index contributed by atoms with van der Waals surface area (Å²) in [5.41, 5.74) is 0.343. The monoisotopic (exact) mass is 323 g/mol. The lowest BCUT2D eigenvalue weighted by molar-refractivity contribution is -0.127. The summed E-state index contributed by atoms with van der Waals surface area (Å²) in [6.07, 6.45) is 4.02. The number of nitrogens with zero attached hydrogens (tertiary/aromatic N) is 3. The van der Waals surface area contributed by atoms with E-state index in [4.69, 9.17) is 4.99 Å². The second-order valence-corrected chi connectivity index (χ2v) is 6.75. The topological polar surface area (TPSA) is 56.5 Å². The maximum absolute atomic E-state index is 12.9. The molecule has 4 heteroatoms. The number of amides is 1. The van der Waals surface area contributed by atoms with E-state index in [2.05, 4.69) is 19.9 Å². The number of aliphatic imine (C=N–C) groups is 1. The van der Waals surface area contributed by atoms with Crippen molar-refractivity contribution in [2.75, 3.05) is 13.1 Å². The quantitative estimate of drug-likeness (QED) is 0.718. The molecule has 1 heterocycles. The van der Waals surface area contributed by atoms with Crippen LogP contribution in [0.4, 0.5) is 0 Å². The number of benzene rings is 1. The Bertz CT molecular complexity index is 676. The summed E-state index contributed by atoms with van der Waals surface area (Å²) < 4.78 is 0. The number of amidine groups is 1. The minimum absolute atomic E-state index is 0.0329. The van der Waals surface area contributed by atoms with Crippen LogP contribution in [-0.2, 0) is 4.79 Å². The molecule has 3 rings (SSSR count). The van der Waals surface area contributed by atoms with Crippen molar-refractivity contribution >= 4 is 11.7 Å². The maximum Gasteiger partial charge on any atom is 0.233 e. The Morgan fingerprint density at radius 2 is 1.88 bits per heavy atom. The van der Waals surface area contributed by atoms with Gasteiger partial charge in [0.25, 0.3) is 0 Å². The summed E-state index contributed by atoms with van der Waals surface area (Å²) in [5.74, 6) is 0.543. The molecule has 1 aliphatic heterocycles. The normalized spacial score (nSPS) is 29.6. The van der Waals surface area contributed by atoms with Crippen molar-refractivity contribution in [2.24, 2.45) is 16.3 Å². The number of carbonyl (C=O) groups excluding carboxylic acids is 1. The molecule has 0 N–H and O–H groups in total. The molecule has 1 aromatic rings. The van der Waals surface area contributed by atoms with Crippen molar-refractivity contribution in [3.63, 3.8) is 0 Å². The van der Waals surface area contributed by atoms with Crippen LogP contribution < -0.4 is 0 Å². The van der Waals surface area contributed by atoms with Gasteiger partial charge in [0.2, 0.25) is 5.91 Å². The van der Waals surface area contributed by atoms with E-state index in [-0.39, 0.29) is 17.7 Å². The number of hydrogen-bond donors (Lipinski definition) is 0. The van der Waals surface area contributed by atoms with Gasteiger partial charge < -0.3 is 0 Å². The van der Waals surface area contributed by atoms with E-state index >= 15 is 0 Å². The van der Waals surface area contributed by atoms with E-state index in [0.29, 0.717) is 13.1 Å². The molecular weight excluding hydrogens is 298 g/mol. The fourth-order valence-corrected chi connectivity index (χ4v) is 3.90. The summed E-state index contributed by atoms with van der Waals surface area (Å²) >= 11 is 0. The highest BCUT2D eigenvalue weighted by Crippen LogP contribution is 2.69. The van der Waals surface area contributed by atoms with Crippen molar-refractivity contribution in [3.05, 3.63) is 35.9 Å². The average molecular weight is 323 g/mol. The van der Waals surface area contributed by atoms with Crippen molar-refractivity contribution in [3.8, 4) is 6.07 Å². The highest BCUT2D eigenvalue weighted by atomic mass is 16.2. The zero-order valence-corrected chi connectivity index (χ0v) is 14.5. The predicted octanol–water partition coefficient (Wildman–Crippen LogP) is 3.75. The van der Waals surface area contributed by atoms with E-state index in [0.717, 1.165) is 37.1 Å². The first kappa shape index (κ1) is 16.7. The molecule has 0 unspecified atom stereocenters. The van der Waals surface area contributed by atoms with Crippen LogP contribution in [0.2, 0.25) is 0 Å². The van der Waals surface area contributed by atoms with Gasteiger partial charge in [0.1, 0.15) is 11.3 Å². The molecule has 2 fully saturated rings. The number of nitriles is 1. The van der Waals surface area contributed by atoms with E-state index in [1.54, 1.807) is 4.90 Å². The third-order valence-corrected chi connectivity index (χ3v) is 5.22. The highest BCUT2D eigenvalue weighted by molar-refractivity contribution is 6.17. The third kappa shape index (κ3) is 2.43. The van der Waals surface area contributed by atoms with Crippen molar-refractivity contribution in [1.29, 1.82) is 5.26 Å². The molecule has 1 saturated heterocycles. The molecule has 126 valence electrons. The second kappa shape index (κ2) is 6.76. The smallest absolute Gasteiger partial charge is 0.233 e.